The molecule has 0 aliphatic rings. The Kier molecular flexibility index (Phi) is 5.90. The van der Waals surface area contributed by atoms with Gasteiger partial charge in [-0.15, -0.1) is 0 Å². The molecule has 0 aliphatic heterocycles. The Bertz CT molecular complexity index is 772. The summed E-state index contributed by atoms with van der Waals surface area (Å²) in [5, 5.41) is 14.1. The van der Waals surface area contributed by atoms with Gasteiger partial charge in [0.25, 0.3) is 0 Å². The fraction of sp³-hybridized carbons (Fsp3) is 0.118. The van der Waals surface area contributed by atoms with Crippen molar-refractivity contribution < 1.29 is 14.4 Å². The van der Waals surface area contributed by atoms with Gasteiger partial charge >= 0.3 is 5.70 Å². The third-order valence-corrected chi connectivity index (χ3v) is 3.11. The minimum atomic E-state index is -0.526. The standard InChI is InChI=1S/C17H17N3O4/c1-23-16-9-5-3-7-14(16)18-11-13(20(21)22)12-19-15-8-4-6-10-17(15)24-2/h3-12,18H,1-2H3/b13-11-,19-12?. The van der Waals surface area contributed by atoms with Crippen molar-refractivity contribution in [2.24, 2.45) is 4.99 Å². The van der Waals surface area contributed by atoms with Crippen LogP contribution >= 0.6 is 0 Å². The number of methoxy groups -OCH3 is 2. The number of benzene rings is 2. The molecule has 0 bridgehead atoms. The summed E-state index contributed by atoms with van der Waals surface area (Å²) in [5.41, 5.74) is 0.918. The lowest BCUT2D eigenvalue weighted by Crippen LogP contribution is -2.04. The van der Waals surface area contributed by atoms with Gasteiger partial charge in [0.05, 0.1) is 31.0 Å². The molecule has 24 heavy (non-hydrogen) atoms. The van der Waals surface area contributed by atoms with Gasteiger partial charge in [-0.3, -0.25) is 10.1 Å². The molecule has 0 fully saturated rings. The molecule has 0 amide bonds. The van der Waals surface area contributed by atoms with Crippen LogP contribution in [0, 0.1) is 10.1 Å². The number of nitrogens with one attached hydrogen (secondary N) is 1. The second-order valence-electron chi connectivity index (χ2n) is 4.60. The summed E-state index contributed by atoms with van der Waals surface area (Å²) in [5.74, 6) is 1.12. The highest BCUT2D eigenvalue weighted by Crippen LogP contribution is 2.26. The number of para-hydroxylation sites is 4. The fourth-order valence-corrected chi connectivity index (χ4v) is 1.92. The Hall–Kier alpha value is -3.35. The normalized spacial score (nSPS) is 11.3. The number of rotatable bonds is 7. The Morgan fingerprint density at radius 3 is 2.38 bits per heavy atom. The first-order valence-electron chi connectivity index (χ1n) is 7.07. The predicted molar refractivity (Wildman–Crippen MR) is 92.8 cm³/mol. The van der Waals surface area contributed by atoms with Gasteiger partial charge in [-0.2, -0.15) is 0 Å². The second-order valence-corrected chi connectivity index (χ2v) is 4.60. The second kappa shape index (κ2) is 8.33. The average molecular weight is 327 g/mol. The first-order valence-corrected chi connectivity index (χ1v) is 7.07. The number of hydrogen-bond acceptors (Lipinski definition) is 6. The van der Waals surface area contributed by atoms with Crippen LogP contribution in [0.5, 0.6) is 11.5 Å². The molecule has 0 unspecified atom stereocenters. The lowest BCUT2D eigenvalue weighted by Gasteiger charge is -2.06. The quantitative estimate of drug-likeness (QED) is 0.477. The highest BCUT2D eigenvalue weighted by molar-refractivity contribution is 5.80. The van der Waals surface area contributed by atoms with Crippen molar-refractivity contribution in [3.8, 4) is 11.5 Å². The smallest absolute Gasteiger partial charge is 0.303 e. The van der Waals surface area contributed by atoms with E-state index in [-0.39, 0.29) is 5.70 Å². The molecule has 7 heteroatoms. The molecular formula is C17H17N3O4. The van der Waals surface area contributed by atoms with Crippen LogP contribution in [0.1, 0.15) is 0 Å². The maximum Gasteiger partial charge on any atom is 0.303 e. The van der Waals surface area contributed by atoms with Crippen LogP contribution in [0.25, 0.3) is 0 Å². The molecule has 2 aromatic rings. The summed E-state index contributed by atoms with van der Waals surface area (Å²) in [4.78, 5) is 14.8. The van der Waals surface area contributed by atoms with Crippen molar-refractivity contribution in [1.82, 2.24) is 0 Å². The average Bonchev–Trinajstić information content (AvgIpc) is 2.62. The van der Waals surface area contributed by atoms with Gasteiger partial charge in [0.15, 0.2) is 0 Å². The molecule has 0 heterocycles. The number of aliphatic imine (C=N–C) groups is 1. The topological polar surface area (TPSA) is 86.0 Å². The van der Waals surface area contributed by atoms with E-state index in [4.69, 9.17) is 9.47 Å². The lowest BCUT2D eigenvalue weighted by molar-refractivity contribution is -0.414. The molecule has 124 valence electrons. The van der Waals surface area contributed by atoms with Gasteiger partial charge in [0, 0.05) is 0 Å². The third kappa shape index (κ3) is 4.33. The Morgan fingerprint density at radius 2 is 1.71 bits per heavy atom. The molecule has 0 radical (unpaired) electrons. The van der Waals surface area contributed by atoms with Gasteiger partial charge in [-0.1, -0.05) is 24.3 Å². The monoisotopic (exact) mass is 327 g/mol. The summed E-state index contributed by atoms with van der Waals surface area (Å²) in [6.07, 6.45) is 2.43. The number of anilines is 1. The van der Waals surface area contributed by atoms with E-state index in [1.165, 1.54) is 26.6 Å². The number of hydrogen-bond donors (Lipinski definition) is 1. The zero-order chi connectivity index (χ0) is 17.4. The van der Waals surface area contributed by atoms with Crippen LogP contribution in [0.2, 0.25) is 0 Å². The molecule has 0 saturated carbocycles. The Morgan fingerprint density at radius 1 is 1.08 bits per heavy atom. The van der Waals surface area contributed by atoms with Crippen LogP contribution in [0.3, 0.4) is 0 Å². The van der Waals surface area contributed by atoms with E-state index in [0.29, 0.717) is 22.9 Å². The largest absolute Gasteiger partial charge is 0.495 e. The maximum atomic E-state index is 11.2. The lowest BCUT2D eigenvalue weighted by atomic mass is 10.3. The van der Waals surface area contributed by atoms with Crippen LogP contribution in [-0.4, -0.2) is 25.4 Å². The highest BCUT2D eigenvalue weighted by Gasteiger charge is 2.09. The van der Waals surface area contributed by atoms with Crippen LogP contribution in [0.4, 0.5) is 11.4 Å². The summed E-state index contributed by atoms with van der Waals surface area (Å²) in [6, 6.07) is 14.1. The van der Waals surface area contributed by atoms with Gasteiger partial charge in [0.2, 0.25) is 0 Å². The Labute approximate surface area is 139 Å². The summed E-state index contributed by atoms with van der Waals surface area (Å²) < 4.78 is 10.3. The third-order valence-electron chi connectivity index (χ3n) is 3.11. The molecule has 0 saturated heterocycles. The molecule has 0 atom stereocenters. The number of nitro groups is 1. The van der Waals surface area contributed by atoms with Crippen molar-refractivity contribution in [2.75, 3.05) is 19.5 Å². The van der Waals surface area contributed by atoms with E-state index < -0.39 is 4.92 Å². The van der Waals surface area contributed by atoms with Crippen molar-refractivity contribution in [3.05, 3.63) is 70.5 Å². The maximum absolute atomic E-state index is 11.2. The van der Waals surface area contributed by atoms with Crippen molar-refractivity contribution >= 4 is 17.6 Å². The van der Waals surface area contributed by atoms with Crippen molar-refractivity contribution in [3.63, 3.8) is 0 Å². The minimum absolute atomic E-state index is 0.202. The van der Waals surface area contributed by atoms with Gasteiger partial charge in [-0.05, 0) is 24.3 Å². The van der Waals surface area contributed by atoms with Crippen LogP contribution < -0.4 is 14.8 Å². The first-order chi connectivity index (χ1) is 11.7. The number of ether oxygens (including phenoxy) is 2. The van der Waals surface area contributed by atoms with Crippen molar-refractivity contribution in [1.29, 1.82) is 0 Å². The molecular weight excluding hydrogens is 310 g/mol. The predicted octanol–water partition coefficient (Wildman–Crippen LogP) is 3.64. The fourth-order valence-electron chi connectivity index (χ4n) is 1.92. The van der Waals surface area contributed by atoms with E-state index in [1.807, 2.05) is 6.07 Å². The first kappa shape index (κ1) is 17.0. The van der Waals surface area contributed by atoms with Gasteiger partial charge < -0.3 is 14.8 Å². The van der Waals surface area contributed by atoms with E-state index in [1.54, 1.807) is 42.5 Å². The van der Waals surface area contributed by atoms with Gasteiger partial charge in [-0.25, -0.2) is 4.99 Å². The van der Waals surface area contributed by atoms with E-state index in [2.05, 4.69) is 10.3 Å². The molecule has 0 aliphatic carbocycles. The number of nitrogens with zero attached hydrogens (tertiary/aromatic N) is 2. The van der Waals surface area contributed by atoms with Gasteiger partial charge in [0.1, 0.15) is 23.4 Å². The zero-order valence-electron chi connectivity index (χ0n) is 13.3. The van der Waals surface area contributed by atoms with Crippen LogP contribution in [-0.2, 0) is 0 Å². The summed E-state index contributed by atoms with van der Waals surface area (Å²) >= 11 is 0. The molecule has 2 aromatic carbocycles. The zero-order valence-corrected chi connectivity index (χ0v) is 13.3. The highest BCUT2D eigenvalue weighted by atomic mass is 16.6. The van der Waals surface area contributed by atoms with E-state index in [0.717, 1.165) is 0 Å². The molecule has 0 aromatic heterocycles. The Balaban J connectivity index is 2.23. The minimum Gasteiger partial charge on any atom is -0.495 e. The molecule has 0 spiro atoms. The van der Waals surface area contributed by atoms with E-state index in [9.17, 15) is 10.1 Å². The summed E-state index contributed by atoms with van der Waals surface area (Å²) in [6.45, 7) is 0. The van der Waals surface area contributed by atoms with Crippen molar-refractivity contribution in [2.45, 2.75) is 0 Å². The number of allylic oxidation sites excluding steroid dienone is 1. The van der Waals surface area contributed by atoms with Crippen LogP contribution in [0.15, 0.2) is 65.4 Å². The summed E-state index contributed by atoms with van der Waals surface area (Å²) in [7, 11) is 3.05. The molecule has 7 nitrogen and oxygen atoms in total. The molecule has 2 rings (SSSR count). The SMILES string of the molecule is COc1ccccc1N=C/C(=C/Nc1ccccc1OC)[N+](=O)[O-]. The molecule has 1 N–H and O–H groups in total. The van der Waals surface area contributed by atoms with E-state index >= 15 is 0 Å².